The number of amides is 1. The fourth-order valence-corrected chi connectivity index (χ4v) is 4.32. The predicted molar refractivity (Wildman–Crippen MR) is 98.2 cm³/mol. The van der Waals surface area contributed by atoms with Crippen LogP contribution in [0.1, 0.15) is 16.8 Å². The van der Waals surface area contributed by atoms with E-state index in [0.717, 1.165) is 16.3 Å². The third kappa shape index (κ3) is 3.60. The first kappa shape index (κ1) is 16.1. The second kappa shape index (κ2) is 7.20. The molecule has 0 aromatic carbocycles. The molecule has 0 saturated carbocycles. The van der Waals surface area contributed by atoms with Gasteiger partial charge in [-0.3, -0.25) is 9.69 Å². The number of aryl methyl sites for hydroxylation is 1. The van der Waals surface area contributed by atoms with Crippen molar-refractivity contribution in [2.75, 3.05) is 6.54 Å². The summed E-state index contributed by atoms with van der Waals surface area (Å²) in [6, 6.07) is 3.95. The third-order valence-electron chi connectivity index (χ3n) is 2.97. The second-order valence-corrected chi connectivity index (χ2v) is 7.59. The number of aromatic nitrogens is 2. The van der Waals surface area contributed by atoms with Crippen LogP contribution in [0.3, 0.4) is 0 Å². The van der Waals surface area contributed by atoms with Crippen LogP contribution >= 0.6 is 34.4 Å². The summed E-state index contributed by atoms with van der Waals surface area (Å²) in [4.78, 5) is 20.4. The van der Waals surface area contributed by atoms with Crippen LogP contribution in [0, 0.1) is 0 Å². The van der Waals surface area contributed by atoms with Crippen LogP contribution in [0.15, 0.2) is 40.1 Å². The Balaban J connectivity index is 1.91. The summed E-state index contributed by atoms with van der Waals surface area (Å²) in [6.45, 7) is 6.16. The molecule has 118 valence electrons. The highest BCUT2D eigenvalue weighted by atomic mass is 32.2. The molecule has 3 heterocycles. The molecule has 1 saturated heterocycles. The lowest BCUT2D eigenvalue weighted by Crippen LogP contribution is -2.29. The summed E-state index contributed by atoms with van der Waals surface area (Å²) in [6.07, 6.45) is 4.42. The van der Waals surface area contributed by atoms with E-state index in [-0.39, 0.29) is 5.91 Å². The first-order valence-electron chi connectivity index (χ1n) is 6.98. The lowest BCUT2D eigenvalue weighted by Gasteiger charge is -2.11. The minimum Gasteiger partial charge on any atom is -0.282 e. The maximum absolute atomic E-state index is 12.6. The van der Waals surface area contributed by atoms with E-state index in [9.17, 15) is 4.79 Å². The molecule has 1 fully saturated rings. The Bertz CT molecular complexity index is 777. The first-order valence-corrected chi connectivity index (χ1v) is 9.49. The van der Waals surface area contributed by atoms with Gasteiger partial charge in [0.15, 0.2) is 5.17 Å². The van der Waals surface area contributed by atoms with Crippen molar-refractivity contribution >= 4 is 56.7 Å². The Kier molecular flexibility index (Phi) is 5.04. The van der Waals surface area contributed by atoms with Gasteiger partial charge in [-0.15, -0.1) is 28.1 Å². The Morgan fingerprint density at radius 1 is 1.43 bits per heavy atom. The number of amidine groups is 1. The molecular formula is C15H14N4OS3. The quantitative estimate of drug-likeness (QED) is 0.597. The van der Waals surface area contributed by atoms with E-state index in [0.29, 0.717) is 21.7 Å². The molecule has 0 unspecified atom stereocenters. The van der Waals surface area contributed by atoms with E-state index in [1.165, 1.54) is 23.1 Å². The van der Waals surface area contributed by atoms with Gasteiger partial charge in [-0.25, -0.2) is 0 Å². The van der Waals surface area contributed by atoms with Gasteiger partial charge in [0, 0.05) is 11.4 Å². The molecular weight excluding hydrogens is 348 g/mol. The van der Waals surface area contributed by atoms with E-state index in [1.54, 1.807) is 22.3 Å². The van der Waals surface area contributed by atoms with Crippen LogP contribution in [0.25, 0.3) is 6.08 Å². The minimum atomic E-state index is -0.0534. The first-order chi connectivity index (χ1) is 11.2. The Hall–Kier alpha value is -1.77. The fraction of sp³-hybridized carbons (Fsp3) is 0.200. The van der Waals surface area contributed by atoms with E-state index in [1.807, 2.05) is 30.5 Å². The van der Waals surface area contributed by atoms with Crippen molar-refractivity contribution in [3.63, 3.8) is 0 Å². The van der Waals surface area contributed by atoms with Crippen molar-refractivity contribution in [1.29, 1.82) is 0 Å². The standard InChI is InChI=1S/C15H14N4OS3/c1-3-7-19-13(20)11(9-10-6-5-8-21-10)22-15(19)16-14-18-17-12(4-2)23-14/h3,5-6,8-9H,1,4,7H2,2H3/b11-9-,16-15?. The number of rotatable bonds is 5. The number of carbonyl (C=O) groups is 1. The molecule has 1 aliphatic heterocycles. The van der Waals surface area contributed by atoms with Gasteiger partial charge < -0.3 is 0 Å². The molecule has 0 N–H and O–H groups in total. The molecule has 3 rings (SSSR count). The smallest absolute Gasteiger partial charge is 0.267 e. The summed E-state index contributed by atoms with van der Waals surface area (Å²) in [5.41, 5.74) is 0. The number of hydrogen-bond acceptors (Lipinski definition) is 7. The van der Waals surface area contributed by atoms with Gasteiger partial charge in [-0.1, -0.05) is 30.4 Å². The van der Waals surface area contributed by atoms with Gasteiger partial charge >= 0.3 is 0 Å². The summed E-state index contributed by atoms with van der Waals surface area (Å²) in [7, 11) is 0. The zero-order chi connectivity index (χ0) is 16.2. The average molecular weight is 363 g/mol. The van der Waals surface area contributed by atoms with Crippen molar-refractivity contribution in [2.24, 2.45) is 4.99 Å². The maximum Gasteiger partial charge on any atom is 0.267 e. The summed E-state index contributed by atoms with van der Waals surface area (Å²) in [5.74, 6) is -0.0534. The highest BCUT2D eigenvalue weighted by Crippen LogP contribution is 2.35. The van der Waals surface area contributed by atoms with E-state index < -0.39 is 0 Å². The number of thioether (sulfide) groups is 1. The Morgan fingerprint density at radius 2 is 2.30 bits per heavy atom. The van der Waals surface area contributed by atoms with Crippen LogP contribution in [-0.2, 0) is 11.2 Å². The highest BCUT2D eigenvalue weighted by Gasteiger charge is 2.33. The monoisotopic (exact) mass is 362 g/mol. The molecule has 5 nitrogen and oxygen atoms in total. The maximum atomic E-state index is 12.6. The predicted octanol–water partition coefficient (Wildman–Crippen LogP) is 3.95. The average Bonchev–Trinajstić information content (AvgIpc) is 3.26. The fourth-order valence-electron chi connectivity index (χ4n) is 1.90. The molecule has 1 amide bonds. The molecule has 1 aliphatic rings. The molecule has 0 aliphatic carbocycles. The van der Waals surface area contributed by atoms with Crippen molar-refractivity contribution < 1.29 is 4.79 Å². The molecule has 8 heteroatoms. The van der Waals surface area contributed by atoms with Gasteiger partial charge in [0.25, 0.3) is 5.91 Å². The normalized spacial score (nSPS) is 18.3. The van der Waals surface area contributed by atoms with E-state index in [2.05, 4.69) is 21.8 Å². The van der Waals surface area contributed by atoms with Gasteiger partial charge in [0.2, 0.25) is 5.13 Å². The van der Waals surface area contributed by atoms with Crippen LogP contribution in [0.2, 0.25) is 0 Å². The summed E-state index contributed by atoms with van der Waals surface area (Å²) in [5, 5.41) is 12.2. The number of thiophene rings is 1. The van der Waals surface area contributed by atoms with Crippen LogP contribution < -0.4 is 0 Å². The molecule has 0 bridgehead atoms. The molecule has 0 atom stereocenters. The van der Waals surface area contributed by atoms with Crippen molar-refractivity contribution in [1.82, 2.24) is 15.1 Å². The van der Waals surface area contributed by atoms with Gasteiger partial charge in [-0.05, 0) is 35.7 Å². The lowest BCUT2D eigenvalue weighted by molar-refractivity contribution is -0.121. The highest BCUT2D eigenvalue weighted by molar-refractivity contribution is 8.18. The summed E-state index contributed by atoms with van der Waals surface area (Å²) >= 11 is 4.40. The van der Waals surface area contributed by atoms with Crippen LogP contribution in [0.5, 0.6) is 0 Å². The zero-order valence-corrected chi connectivity index (χ0v) is 14.9. The number of carbonyl (C=O) groups excluding carboxylic acids is 1. The number of hydrogen-bond donors (Lipinski definition) is 0. The lowest BCUT2D eigenvalue weighted by atomic mass is 10.3. The molecule has 2 aromatic heterocycles. The van der Waals surface area contributed by atoms with Gasteiger partial charge in [0.05, 0.1) is 4.91 Å². The van der Waals surface area contributed by atoms with Gasteiger partial charge in [-0.2, -0.15) is 4.99 Å². The second-order valence-electron chi connectivity index (χ2n) is 4.56. The third-order valence-corrected chi connectivity index (χ3v) is 5.75. The zero-order valence-electron chi connectivity index (χ0n) is 12.4. The molecule has 0 spiro atoms. The van der Waals surface area contributed by atoms with E-state index >= 15 is 0 Å². The van der Waals surface area contributed by atoms with Crippen LogP contribution in [0.4, 0.5) is 5.13 Å². The molecule has 23 heavy (non-hydrogen) atoms. The number of nitrogens with zero attached hydrogens (tertiary/aromatic N) is 4. The Morgan fingerprint density at radius 3 is 2.96 bits per heavy atom. The Labute approximate surface area is 146 Å². The van der Waals surface area contributed by atoms with Crippen LogP contribution in [-0.4, -0.2) is 32.7 Å². The van der Waals surface area contributed by atoms with Crippen molar-refractivity contribution in [2.45, 2.75) is 13.3 Å². The summed E-state index contributed by atoms with van der Waals surface area (Å²) < 4.78 is 0. The molecule has 2 aromatic rings. The van der Waals surface area contributed by atoms with Gasteiger partial charge in [0.1, 0.15) is 5.01 Å². The van der Waals surface area contributed by atoms with E-state index in [4.69, 9.17) is 0 Å². The largest absolute Gasteiger partial charge is 0.282 e. The SMILES string of the molecule is C=CCN1C(=O)/C(=C/c2cccs2)SC1=Nc1nnc(CC)s1. The van der Waals surface area contributed by atoms with Crippen molar-refractivity contribution in [3.05, 3.63) is 45.0 Å². The molecule has 0 radical (unpaired) electrons. The van der Waals surface area contributed by atoms with Crippen molar-refractivity contribution in [3.8, 4) is 0 Å². The minimum absolute atomic E-state index is 0.0534. The number of aliphatic imine (C=N–C) groups is 1. The topological polar surface area (TPSA) is 58.5 Å².